The van der Waals surface area contributed by atoms with Crippen molar-refractivity contribution in [2.45, 2.75) is 10.9 Å². The molecule has 0 aliphatic rings. The number of rotatable bonds is 3. The number of nitrogens with zero attached hydrogens (tertiary/aromatic N) is 2. The van der Waals surface area contributed by atoms with E-state index in [9.17, 15) is 22.0 Å². The molecule has 0 saturated carbocycles. The summed E-state index contributed by atoms with van der Waals surface area (Å²) in [6.07, 6.45) is 2.79. The SMILES string of the molecule is Fc1c(F)c(F)c(CSc2ncccn2)c(F)c1F. The number of benzene rings is 1. The van der Waals surface area contributed by atoms with E-state index in [0.717, 1.165) is 11.8 Å². The summed E-state index contributed by atoms with van der Waals surface area (Å²) in [6, 6.07) is 1.53. The molecule has 0 aliphatic carbocycles. The second kappa shape index (κ2) is 5.52. The van der Waals surface area contributed by atoms with Crippen LogP contribution in [0.5, 0.6) is 0 Å². The van der Waals surface area contributed by atoms with Gasteiger partial charge in [-0.2, -0.15) is 0 Å². The van der Waals surface area contributed by atoms with Crippen LogP contribution >= 0.6 is 11.8 Å². The minimum atomic E-state index is -2.17. The molecule has 1 aromatic carbocycles. The van der Waals surface area contributed by atoms with Gasteiger partial charge in [-0.3, -0.25) is 0 Å². The first-order valence-corrected chi connectivity index (χ1v) is 5.91. The van der Waals surface area contributed by atoms with Crippen LogP contribution in [0.3, 0.4) is 0 Å². The highest BCUT2D eigenvalue weighted by molar-refractivity contribution is 7.98. The Bertz CT molecular complexity index is 577. The standard InChI is InChI=1S/C11H5F5N2S/c12-6-5(4-19-11-17-2-1-3-18-11)7(13)9(15)10(16)8(6)14/h1-3H,4H2. The minimum absolute atomic E-state index is 0.173. The van der Waals surface area contributed by atoms with Crippen molar-refractivity contribution in [3.8, 4) is 0 Å². The van der Waals surface area contributed by atoms with Gasteiger partial charge in [0.1, 0.15) is 0 Å². The third kappa shape index (κ3) is 2.67. The van der Waals surface area contributed by atoms with Crippen LogP contribution in [-0.2, 0) is 5.75 Å². The van der Waals surface area contributed by atoms with E-state index in [0.29, 0.717) is 0 Å². The van der Waals surface area contributed by atoms with Gasteiger partial charge < -0.3 is 0 Å². The van der Waals surface area contributed by atoms with Crippen LogP contribution in [0.2, 0.25) is 0 Å². The van der Waals surface area contributed by atoms with E-state index in [-0.39, 0.29) is 5.16 Å². The van der Waals surface area contributed by atoms with Crippen molar-refractivity contribution in [2.75, 3.05) is 0 Å². The summed E-state index contributed by atoms with van der Waals surface area (Å²) in [5, 5.41) is 0.173. The molecule has 0 aliphatic heterocycles. The van der Waals surface area contributed by atoms with Gasteiger partial charge in [0.25, 0.3) is 0 Å². The van der Waals surface area contributed by atoms with Crippen molar-refractivity contribution < 1.29 is 22.0 Å². The summed E-state index contributed by atoms with van der Waals surface area (Å²) < 4.78 is 65.3. The molecule has 0 N–H and O–H groups in total. The predicted molar refractivity (Wildman–Crippen MR) is 57.8 cm³/mol. The average molecular weight is 292 g/mol. The first kappa shape index (κ1) is 13.7. The van der Waals surface area contributed by atoms with Gasteiger partial charge in [0.15, 0.2) is 28.4 Å². The van der Waals surface area contributed by atoms with Crippen molar-refractivity contribution in [3.05, 3.63) is 53.1 Å². The molecule has 0 bridgehead atoms. The van der Waals surface area contributed by atoms with Crippen LogP contribution in [0.15, 0.2) is 23.6 Å². The number of aromatic nitrogens is 2. The lowest BCUT2D eigenvalue weighted by molar-refractivity contribution is 0.372. The van der Waals surface area contributed by atoms with Gasteiger partial charge in [0.2, 0.25) is 5.82 Å². The fraction of sp³-hybridized carbons (Fsp3) is 0.0909. The summed E-state index contributed by atoms with van der Waals surface area (Å²) in [5.74, 6) is -10.2. The highest BCUT2D eigenvalue weighted by Crippen LogP contribution is 2.27. The van der Waals surface area contributed by atoms with Crippen molar-refractivity contribution in [3.63, 3.8) is 0 Å². The maximum atomic E-state index is 13.3. The monoisotopic (exact) mass is 292 g/mol. The van der Waals surface area contributed by atoms with Crippen LogP contribution in [0.1, 0.15) is 5.56 Å². The van der Waals surface area contributed by atoms with Gasteiger partial charge in [-0.15, -0.1) is 0 Å². The van der Waals surface area contributed by atoms with Gasteiger partial charge in [0, 0.05) is 23.7 Å². The Morgan fingerprint density at radius 2 is 1.26 bits per heavy atom. The highest BCUT2D eigenvalue weighted by Gasteiger charge is 2.25. The first-order chi connectivity index (χ1) is 9.02. The van der Waals surface area contributed by atoms with Crippen LogP contribution in [-0.4, -0.2) is 9.97 Å². The molecule has 2 rings (SSSR count). The lowest BCUT2D eigenvalue weighted by atomic mass is 10.2. The van der Waals surface area contributed by atoms with Gasteiger partial charge in [-0.25, -0.2) is 31.9 Å². The van der Waals surface area contributed by atoms with Gasteiger partial charge in [0.05, 0.1) is 0 Å². The smallest absolute Gasteiger partial charge is 0.200 e. The van der Waals surface area contributed by atoms with Crippen LogP contribution in [0.25, 0.3) is 0 Å². The lowest BCUT2D eigenvalue weighted by Crippen LogP contribution is -2.06. The molecule has 0 radical (unpaired) electrons. The number of halogens is 5. The lowest BCUT2D eigenvalue weighted by Gasteiger charge is -2.07. The van der Waals surface area contributed by atoms with E-state index in [2.05, 4.69) is 9.97 Å². The Hall–Kier alpha value is -1.70. The molecule has 0 saturated heterocycles. The Morgan fingerprint density at radius 1 is 0.789 bits per heavy atom. The molecular formula is C11H5F5N2S. The number of hydrogen-bond acceptors (Lipinski definition) is 3. The largest absolute Gasteiger partial charge is 0.231 e. The molecule has 2 aromatic rings. The van der Waals surface area contributed by atoms with E-state index in [1.807, 2.05) is 0 Å². The molecule has 0 unspecified atom stereocenters. The first-order valence-electron chi connectivity index (χ1n) is 4.92. The Kier molecular flexibility index (Phi) is 3.98. The molecular weight excluding hydrogens is 287 g/mol. The van der Waals surface area contributed by atoms with Gasteiger partial charge in [-0.05, 0) is 6.07 Å². The fourth-order valence-electron chi connectivity index (χ4n) is 1.27. The third-order valence-electron chi connectivity index (χ3n) is 2.19. The Morgan fingerprint density at radius 3 is 1.79 bits per heavy atom. The quantitative estimate of drug-likeness (QED) is 0.285. The van der Waals surface area contributed by atoms with Gasteiger partial charge >= 0.3 is 0 Å². The summed E-state index contributed by atoms with van der Waals surface area (Å²) in [7, 11) is 0. The molecule has 0 spiro atoms. The Labute approximate surface area is 108 Å². The molecule has 1 heterocycles. The summed E-state index contributed by atoms with van der Waals surface area (Å²) in [4.78, 5) is 7.52. The average Bonchev–Trinajstić information content (AvgIpc) is 2.44. The van der Waals surface area contributed by atoms with Crippen molar-refractivity contribution in [2.24, 2.45) is 0 Å². The van der Waals surface area contributed by atoms with E-state index < -0.39 is 40.4 Å². The zero-order valence-corrected chi connectivity index (χ0v) is 9.95. The maximum Gasteiger partial charge on any atom is 0.200 e. The number of hydrogen-bond donors (Lipinski definition) is 0. The zero-order valence-electron chi connectivity index (χ0n) is 9.13. The molecule has 8 heteroatoms. The predicted octanol–water partition coefficient (Wildman–Crippen LogP) is 3.46. The molecule has 0 atom stereocenters. The third-order valence-corrected chi connectivity index (χ3v) is 3.09. The fourth-order valence-corrected chi connectivity index (χ4v) is 2.07. The van der Waals surface area contributed by atoms with E-state index >= 15 is 0 Å². The van der Waals surface area contributed by atoms with E-state index in [4.69, 9.17) is 0 Å². The topological polar surface area (TPSA) is 25.8 Å². The summed E-state index contributed by atoms with van der Waals surface area (Å²) in [5.41, 5.74) is -0.895. The molecule has 1 aromatic heterocycles. The van der Waals surface area contributed by atoms with Crippen molar-refractivity contribution >= 4 is 11.8 Å². The minimum Gasteiger partial charge on any atom is -0.231 e. The molecule has 2 nitrogen and oxygen atoms in total. The van der Waals surface area contributed by atoms with Crippen LogP contribution in [0, 0.1) is 29.1 Å². The zero-order chi connectivity index (χ0) is 14.0. The highest BCUT2D eigenvalue weighted by atomic mass is 32.2. The van der Waals surface area contributed by atoms with Gasteiger partial charge in [-0.1, -0.05) is 11.8 Å². The summed E-state index contributed by atoms with van der Waals surface area (Å²) >= 11 is 0.767. The molecule has 100 valence electrons. The second-order valence-electron chi connectivity index (χ2n) is 3.37. The molecule has 0 amide bonds. The van der Waals surface area contributed by atoms with E-state index in [1.165, 1.54) is 18.5 Å². The summed E-state index contributed by atoms with van der Waals surface area (Å²) in [6.45, 7) is 0. The normalized spacial score (nSPS) is 10.8. The Balaban J connectivity index is 2.31. The van der Waals surface area contributed by atoms with Crippen molar-refractivity contribution in [1.29, 1.82) is 0 Å². The molecule has 0 fully saturated rings. The second-order valence-corrected chi connectivity index (χ2v) is 4.31. The van der Waals surface area contributed by atoms with E-state index in [1.54, 1.807) is 0 Å². The number of thioether (sulfide) groups is 1. The molecule has 19 heavy (non-hydrogen) atoms. The maximum absolute atomic E-state index is 13.3. The van der Waals surface area contributed by atoms with Crippen molar-refractivity contribution in [1.82, 2.24) is 9.97 Å². The van der Waals surface area contributed by atoms with Crippen LogP contribution < -0.4 is 0 Å². The van der Waals surface area contributed by atoms with Crippen LogP contribution in [0.4, 0.5) is 22.0 Å².